The molecule has 0 atom stereocenters. The molecule has 0 saturated heterocycles. The second kappa shape index (κ2) is 4.21. The molecule has 0 aromatic carbocycles. The summed E-state index contributed by atoms with van der Waals surface area (Å²) >= 11 is 14.3. The number of pyridine rings is 1. The van der Waals surface area contributed by atoms with E-state index < -0.39 is 0 Å². The number of hydrogen-bond acceptors (Lipinski definition) is 2. The van der Waals surface area contributed by atoms with Crippen LogP contribution in [0, 0.1) is 0 Å². The number of hydrogen-bond donors (Lipinski definition) is 0. The topological polar surface area (TPSA) is 30.0 Å². The standard InChI is InChI=1S/C7H4BrCl2NO/c8-3-6(12)5-1-4(9)2-7(10)11-5/h1-2H,3H2. The summed E-state index contributed by atoms with van der Waals surface area (Å²) in [7, 11) is 0. The van der Waals surface area contributed by atoms with E-state index in [1.165, 1.54) is 12.1 Å². The van der Waals surface area contributed by atoms with Crippen LogP contribution in [0.2, 0.25) is 10.2 Å². The van der Waals surface area contributed by atoms with Crippen molar-refractivity contribution in [3.05, 3.63) is 28.0 Å². The minimum absolute atomic E-state index is 0.139. The Morgan fingerprint density at radius 3 is 2.67 bits per heavy atom. The van der Waals surface area contributed by atoms with Gasteiger partial charge in [0.2, 0.25) is 0 Å². The van der Waals surface area contributed by atoms with Crippen LogP contribution in [0.1, 0.15) is 10.5 Å². The lowest BCUT2D eigenvalue weighted by Crippen LogP contribution is -2.02. The molecule has 0 radical (unpaired) electrons. The SMILES string of the molecule is O=C(CBr)c1cc(Cl)cc(Cl)n1. The van der Waals surface area contributed by atoms with E-state index in [0.717, 1.165) is 0 Å². The number of ketones is 1. The molecule has 64 valence electrons. The minimum Gasteiger partial charge on any atom is -0.291 e. The lowest BCUT2D eigenvalue weighted by atomic mass is 10.3. The number of halogens is 3. The number of Topliss-reactive ketones (excluding diaryl/α,β-unsaturated/α-hetero) is 1. The van der Waals surface area contributed by atoms with Crippen LogP contribution in [0.3, 0.4) is 0 Å². The summed E-state index contributed by atoms with van der Waals surface area (Å²) in [5.74, 6) is -0.139. The van der Waals surface area contributed by atoms with E-state index in [9.17, 15) is 4.79 Å². The fourth-order valence-corrected chi connectivity index (χ4v) is 1.44. The number of nitrogens with zero attached hydrogens (tertiary/aromatic N) is 1. The van der Waals surface area contributed by atoms with Crippen LogP contribution in [-0.4, -0.2) is 16.1 Å². The van der Waals surface area contributed by atoms with E-state index in [4.69, 9.17) is 23.2 Å². The van der Waals surface area contributed by atoms with E-state index in [1.807, 2.05) is 0 Å². The summed E-state index contributed by atoms with van der Waals surface area (Å²) in [6.45, 7) is 0. The Morgan fingerprint density at radius 1 is 1.50 bits per heavy atom. The van der Waals surface area contributed by atoms with Crippen molar-refractivity contribution in [2.75, 3.05) is 5.33 Å². The van der Waals surface area contributed by atoms with Gasteiger partial charge in [-0.3, -0.25) is 4.79 Å². The first-order valence-corrected chi connectivity index (χ1v) is 4.93. The van der Waals surface area contributed by atoms with Gasteiger partial charge in [0.15, 0.2) is 5.78 Å². The largest absolute Gasteiger partial charge is 0.291 e. The summed E-state index contributed by atoms with van der Waals surface area (Å²) < 4.78 is 0. The molecule has 0 amide bonds. The van der Waals surface area contributed by atoms with Crippen LogP contribution < -0.4 is 0 Å². The molecule has 0 unspecified atom stereocenters. The van der Waals surface area contributed by atoms with Crippen LogP contribution in [0.25, 0.3) is 0 Å². The van der Waals surface area contributed by atoms with Crippen molar-refractivity contribution in [2.45, 2.75) is 0 Å². The fourth-order valence-electron chi connectivity index (χ4n) is 0.677. The number of aromatic nitrogens is 1. The highest BCUT2D eigenvalue weighted by atomic mass is 79.9. The first-order chi connectivity index (χ1) is 5.63. The Balaban J connectivity index is 3.08. The van der Waals surface area contributed by atoms with Gasteiger partial charge in [-0.1, -0.05) is 39.1 Å². The maximum atomic E-state index is 11.1. The van der Waals surface area contributed by atoms with E-state index in [0.29, 0.717) is 5.02 Å². The van der Waals surface area contributed by atoms with Crippen molar-refractivity contribution in [2.24, 2.45) is 0 Å². The maximum absolute atomic E-state index is 11.1. The van der Waals surface area contributed by atoms with Crippen molar-refractivity contribution in [1.82, 2.24) is 4.98 Å². The van der Waals surface area contributed by atoms with Crippen LogP contribution in [0.5, 0.6) is 0 Å². The molecule has 1 aromatic rings. The zero-order valence-corrected chi connectivity index (χ0v) is 8.95. The molecule has 0 aliphatic heterocycles. The molecule has 12 heavy (non-hydrogen) atoms. The molecule has 0 aliphatic carbocycles. The molecule has 0 aliphatic rings. The second-order valence-electron chi connectivity index (χ2n) is 2.05. The molecular weight excluding hydrogens is 265 g/mol. The lowest BCUT2D eigenvalue weighted by Gasteiger charge is -1.97. The summed E-state index contributed by atoms with van der Waals surface area (Å²) in [5, 5.41) is 0.863. The van der Waals surface area contributed by atoms with E-state index >= 15 is 0 Å². The molecule has 0 N–H and O–H groups in total. The molecule has 1 rings (SSSR count). The van der Waals surface area contributed by atoms with Crippen LogP contribution in [0.15, 0.2) is 12.1 Å². The first kappa shape index (κ1) is 9.96. The van der Waals surface area contributed by atoms with Gasteiger partial charge >= 0.3 is 0 Å². The minimum atomic E-state index is -0.139. The van der Waals surface area contributed by atoms with Gasteiger partial charge in [0.05, 0.1) is 5.33 Å². The third-order valence-corrected chi connectivity index (χ3v) is 2.09. The van der Waals surface area contributed by atoms with E-state index in [1.54, 1.807) is 0 Å². The van der Waals surface area contributed by atoms with Gasteiger partial charge in [-0.25, -0.2) is 4.98 Å². The first-order valence-electron chi connectivity index (χ1n) is 3.05. The van der Waals surface area contributed by atoms with Crippen molar-refractivity contribution in [3.63, 3.8) is 0 Å². The van der Waals surface area contributed by atoms with Crippen LogP contribution in [-0.2, 0) is 0 Å². The lowest BCUT2D eigenvalue weighted by molar-refractivity contribution is 0.101. The van der Waals surface area contributed by atoms with Crippen LogP contribution >= 0.6 is 39.1 Å². The predicted octanol–water partition coefficient (Wildman–Crippen LogP) is 2.97. The number of alkyl halides is 1. The Morgan fingerprint density at radius 2 is 2.17 bits per heavy atom. The average Bonchev–Trinajstić information content (AvgIpc) is 2.01. The quantitative estimate of drug-likeness (QED) is 0.469. The third kappa shape index (κ3) is 2.44. The number of carbonyl (C=O) groups excluding carboxylic acids is 1. The average molecular weight is 269 g/mol. The summed E-state index contributed by atoms with van der Waals surface area (Å²) in [4.78, 5) is 14.9. The van der Waals surface area contributed by atoms with Gasteiger partial charge in [-0.15, -0.1) is 0 Å². The second-order valence-corrected chi connectivity index (χ2v) is 3.43. The highest BCUT2D eigenvalue weighted by molar-refractivity contribution is 9.09. The van der Waals surface area contributed by atoms with E-state index in [-0.39, 0.29) is 22.0 Å². The zero-order chi connectivity index (χ0) is 9.14. The molecule has 0 bridgehead atoms. The van der Waals surface area contributed by atoms with Crippen molar-refractivity contribution in [3.8, 4) is 0 Å². The van der Waals surface area contributed by atoms with Gasteiger partial charge in [0.25, 0.3) is 0 Å². The number of carbonyl (C=O) groups is 1. The van der Waals surface area contributed by atoms with Gasteiger partial charge in [0, 0.05) is 5.02 Å². The normalized spacial score (nSPS) is 9.92. The molecule has 1 aromatic heterocycles. The highest BCUT2D eigenvalue weighted by Gasteiger charge is 2.07. The molecule has 5 heteroatoms. The van der Waals surface area contributed by atoms with E-state index in [2.05, 4.69) is 20.9 Å². The van der Waals surface area contributed by atoms with Gasteiger partial charge in [-0.2, -0.15) is 0 Å². The Kier molecular flexibility index (Phi) is 3.50. The van der Waals surface area contributed by atoms with Gasteiger partial charge in [-0.05, 0) is 12.1 Å². The Hall–Kier alpha value is -0.120. The van der Waals surface area contributed by atoms with Crippen LogP contribution in [0.4, 0.5) is 0 Å². The molecule has 2 nitrogen and oxygen atoms in total. The number of rotatable bonds is 2. The maximum Gasteiger partial charge on any atom is 0.191 e. The summed E-state index contributed by atoms with van der Waals surface area (Å²) in [6, 6.07) is 2.96. The molecule has 0 spiro atoms. The fraction of sp³-hybridized carbons (Fsp3) is 0.143. The van der Waals surface area contributed by atoms with Gasteiger partial charge < -0.3 is 0 Å². The Bertz CT molecular complexity index is 296. The smallest absolute Gasteiger partial charge is 0.191 e. The van der Waals surface area contributed by atoms with Crippen molar-refractivity contribution < 1.29 is 4.79 Å². The summed E-state index contributed by atoms with van der Waals surface area (Å²) in [5.41, 5.74) is 0.282. The van der Waals surface area contributed by atoms with Gasteiger partial charge in [0.1, 0.15) is 10.8 Å². The zero-order valence-electron chi connectivity index (χ0n) is 5.85. The predicted molar refractivity (Wildman–Crippen MR) is 52.4 cm³/mol. The van der Waals surface area contributed by atoms with Crippen molar-refractivity contribution >= 4 is 44.9 Å². The third-order valence-electron chi connectivity index (χ3n) is 1.17. The molecule has 0 saturated carbocycles. The monoisotopic (exact) mass is 267 g/mol. The highest BCUT2D eigenvalue weighted by Crippen LogP contribution is 2.15. The molecule has 0 fully saturated rings. The summed E-state index contributed by atoms with van der Waals surface area (Å²) in [6.07, 6.45) is 0. The molecule has 1 heterocycles. The van der Waals surface area contributed by atoms with Crippen molar-refractivity contribution in [1.29, 1.82) is 0 Å². The molecular formula is C7H4BrCl2NO. The Labute approximate surface area is 88.0 Å².